The molecule has 0 spiro atoms. The van der Waals surface area contributed by atoms with E-state index in [0.29, 0.717) is 30.0 Å². The van der Waals surface area contributed by atoms with Gasteiger partial charge in [-0.2, -0.15) is 4.31 Å². The van der Waals surface area contributed by atoms with Crippen LogP contribution in [0.2, 0.25) is 0 Å². The molecule has 1 aliphatic carbocycles. The number of hydrogen-bond donors (Lipinski definition) is 3. The molecule has 0 saturated carbocycles. The summed E-state index contributed by atoms with van der Waals surface area (Å²) in [5.74, 6) is -0.238. The van der Waals surface area contributed by atoms with Crippen LogP contribution in [-0.4, -0.2) is 67.0 Å². The Balaban J connectivity index is 1.59. The molecular weight excluding hydrogens is 464 g/mol. The minimum atomic E-state index is -3.47. The van der Waals surface area contributed by atoms with Crippen LogP contribution < -0.4 is 10.6 Å². The smallest absolute Gasteiger partial charge is 0.291 e. The van der Waals surface area contributed by atoms with Crippen LogP contribution in [0.5, 0.6) is 0 Å². The number of rotatable bonds is 7. The number of piperazine rings is 1. The highest BCUT2D eigenvalue weighted by Crippen LogP contribution is 2.33. The van der Waals surface area contributed by atoms with Gasteiger partial charge in [-0.1, -0.05) is 12.1 Å². The van der Waals surface area contributed by atoms with Gasteiger partial charge in [-0.05, 0) is 62.8 Å². The largest absolute Gasteiger partial charge is 0.333 e. The molecule has 1 aromatic carbocycles. The van der Waals surface area contributed by atoms with E-state index < -0.39 is 10.0 Å². The van der Waals surface area contributed by atoms with Crippen molar-refractivity contribution in [2.24, 2.45) is 4.99 Å². The molecule has 4 rings (SSSR count). The Hall–Kier alpha value is -2.82. The van der Waals surface area contributed by atoms with Gasteiger partial charge in [-0.15, -0.1) is 0 Å². The number of sulfonamides is 1. The van der Waals surface area contributed by atoms with Crippen LogP contribution in [0.15, 0.2) is 35.5 Å². The Labute approximate surface area is 207 Å². The summed E-state index contributed by atoms with van der Waals surface area (Å²) in [6, 6.07) is 5.72. The molecular formula is C25H34N6O3S. The lowest BCUT2D eigenvalue weighted by Crippen LogP contribution is -2.55. The number of nitrogens with zero attached hydrogens (tertiary/aromatic N) is 3. The third-order valence-corrected chi connectivity index (χ3v) is 8.10. The first kappa shape index (κ1) is 25.3. The lowest BCUT2D eigenvalue weighted by molar-refractivity contribution is 0.101. The molecule has 1 fully saturated rings. The van der Waals surface area contributed by atoms with E-state index in [9.17, 15) is 13.2 Å². The van der Waals surface area contributed by atoms with Gasteiger partial charge in [0.2, 0.25) is 10.0 Å². The number of amides is 1. The summed E-state index contributed by atoms with van der Waals surface area (Å²) >= 11 is 0. The van der Waals surface area contributed by atoms with Crippen molar-refractivity contribution in [3.63, 3.8) is 0 Å². The standard InChI is InChI=1S/C25H34N6O3S/c1-17-14-31(15-18(2)28-17)35(33,34)16-19-9-10-23(22(11-19)20-7-5-4-6-8-20)30-25(32)24-27-13-21(29-24)12-26-3/h7,9-13,17-18,28H,4-6,8,14-16H2,1-3H3,(H,27,29)(H,30,32)/t17-,18+. The molecule has 2 aromatic rings. The Morgan fingerprint density at radius 2 is 2.03 bits per heavy atom. The van der Waals surface area contributed by atoms with Gasteiger partial charge in [0.1, 0.15) is 0 Å². The third kappa shape index (κ3) is 6.25. The maximum absolute atomic E-state index is 13.2. The van der Waals surface area contributed by atoms with Crippen molar-refractivity contribution in [1.29, 1.82) is 0 Å². The SMILES string of the molecule is CN=Cc1cnc(C(=O)Nc2ccc(CS(=O)(=O)N3C[C@@H](C)N[C@@H](C)C3)cc2C2=CCCCC2)[nH]1. The number of benzene rings is 1. The van der Waals surface area contributed by atoms with Crippen LogP contribution in [0.4, 0.5) is 5.69 Å². The van der Waals surface area contributed by atoms with Crippen molar-refractivity contribution < 1.29 is 13.2 Å². The van der Waals surface area contributed by atoms with E-state index in [1.807, 2.05) is 19.9 Å². The normalized spacial score (nSPS) is 21.7. The second kappa shape index (κ2) is 10.8. The van der Waals surface area contributed by atoms with E-state index in [1.54, 1.807) is 35.9 Å². The summed E-state index contributed by atoms with van der Waals surface area (Å²) < 4.78 is 28.0. The van der Waals surface area contributed by atoms with Crippen molar-refractivity contribution in [1.82, 2.24) is 19.6 Å². The van der Waals surface area contributed by atoms with E-state index in [4.69, 9.17) is 0 Å². The predicted octanol–water partition coefficient (Wildman–Crippen LogP) is 3.18. The summed E-state index contributed by atoms with van der Waals surface area (Å²) in [6.45, 7) is 4.93. The molecule has 2 heterocycles. The summed E-state index contributed by atoms with van der Waals surface area (Å²) in [6.07, 6.45) is 9.40. The molecule has 3 N–H and O–H groups in total. The summed E-state index contributed by atoms with van der Waals surface area (Å²) in [5, 5.41) is 6.33. The zero-order valence-electron chi connectivity index (χ0n) is 20.5. The van der Waals surface area contributed by atoms with Crippen LogP contribution in [0.3, 0.4) is 0 Å². The number of allylic oxidation sites excluding steroid dienone is 2. The highest BCUT2D eigenvalue weighted by atomic mass is 32.2. The minimum absolute atomic E-state index is 0.0706. The van der Waals surface area contributed by atoms with Gasteiger partial charge >= 0.3 is 0 Å². The Morgan fingerprint density at radius 3 is 2.71 bits per heavy atom. The lowest BCUT2D eigenvalue weighted by atomic mass is 9.91. The Bertz CT molecular complexity index is 1220. The number of aromatic amines is 1. The highest BCUT2D eigenvalue weighted by Gasteiger charge is 2.30. The number of carbonyl (C=O) groups is 1. The molecule has 10 heteroatoms. The summed E-state index contributed by atoms with van der Waals surface area (Å²) in [7, 11) is -1.82. The number of carbonyl (C=O) groups excluding carboxylic acids is 1. The molecule has 1 aliphatic heterocycles. The van der Waals surface area contributed by atoms with Gasteiger partial charge < -0.3 is 15.6 Å². The second-order valence-corrected chi connectivity index (χ2v) is 11.4. The highest BCUT2D eigenvalue weighted by molar-refractivity contribution is 7.88. The van der Waals surface area contributed by atoms with Gasteiger partial charge in [0, 0.05) is 49.7 Å². The maximum atomic E-state index is 13.2. The van der Waals surface area contributed by atoms with E-state index in [1.165, 1.54) is 0 Å². The van der Waals surface area contributed by atoms with Gasteiger partial charge in [0.25, 0.3) is 5.91 Å². The lowest BCUT2D eigenvalue weighted by Gasteiger charge is -2.35. The molecule has 188 valence electrons. The van der Waals surface area contributed by atoms with Crippen LogP contribution >= 0.6 is 0 Å². The Morgan fingerprint density at radius 1 is 1.26 bits per heavy atom. The number of H-pyrrole nitrogens is 1. The fraction of sp³-hybridized carbons (Fsp3) is 0.480. The van der Waals surface area contributed by atoms with Crippen molar-refractivity contribution in [2.75, 3.05) is 25.5 Å². The van der Waals surface area contributed by atoms with Crippen LogP contribution in [0.25, 0.3) is 5.57 Å². The quantitative estimate of drug-likeness (QED) is 0.507. The first-order chi connectivity index (χ1) is 16.7. The van der Waals surface area contributed by atoms with Crippen LogP contribution in [-0.2, 0) is 15.8 Å². The third-order valence-electron chi connectivity index (χ3n) is 6.31. The molecule has 9 nitrogen and oxygen atoms in total. The molecule has 0 bridgehead atoms. The molecule has 1 amide bonds. The number of aliphatic imine (C=N–C) groups is 1. The number of imidazole rings is 1. The topological polar surface area (TPSA) is 120 Å². The van der Waals surface area contributed by atoms with Crippen molar-refractivity contribution in [2.45, 2.75) is 57.4 Å². The van der Waals surface area contributed by atoms with E-state index in [2.05, 4.69) is 31.7 Å². The van der Waals surface area contributed by atoms with E-state index in [0.717, 1.165) is 36.8 Å². The molecule has 0 unspecified atom stereocenters. The molecule has 0 radical (unpaired) electrons. The van der Waals surface area contributed by atoms with E-state index >= 15 is 0 Å². The van der Waals surface area contributed by atoms with Crippen molar-refractivity contribution in [3.05, 3.63) is 53.1 Å². The van der Waals surface area contributed by atoms with Gasteiger partial charge in [-0.25, -0.2) is 13.4 Å². The molecule has 35 heavy (non-hydrogen) atoms. The number of nitrogens with one attached hydrogen (secondary N) is 3. The fourth-order valence-corrected chi connectivity index (χ4v) is 6.47. The monoisotopic (exact) mass is 498 g/mol. The molecule has 1 saturated heterocycles. The zero-order chi connectivity index (χ0) is 25.0. The van der Waals surface area contributed by atoms with Crippen molar-refractivity contribution >= 4 is 33.4 Å². The average Bonchev–Trinajstić information content (AvgIpc) is 3.29. The van der Waals surface area contributed by atoms with E-state index in [-0.39, 0.29) is 29.6 Å². The first-order valence-corrected chi connectivity index (χ1v) is 13.7. The molecule has 2 atom stereocenters. The molecule has 2 aliphatic rings. The van der Waals surface area contributed by atoms with Gasteiger partial charge in [0.05, 0.1) is 17.6 Å². The predicted molar refractivity (Wildman–Crippen MR) is 139 cm³/mol. The fourth-order valence-electron chi connectivity index (χ4n) is 4.78. The Kier molecular flexibility index (Phi) is 7.83. The summed E-state index contributed by atoms with van der Waals surface area (Å²) in [4.78, 5) is 23.9. The average molecular weight is 499 g/mol. The first-order valence-electron chi connectivity index (χ1n) is 12.1. The second-order valence-electron chi connectivity index (χ2n) is 9.43. The van der Waals surface area contributed by atoms with Crippen LogP contribution in [0.1, 0.15) is 67.0 Å². The zero-order valence-corrected chi connectivity index (χ0v) is 21.4. The number of hydrogen-bond acceptors (Lipinski definition) is 6. The van der Waals surface area contributed by atoms with Gasteiger partial charge in [0.15, 0.2) is 5.82 Å². The molecule has 1 aromatic heterocycles. The summed E-state index contributed by atoms with van der Waals surface area (Å²) in [5.41, 5.74) is 4.01. The van der Waals surface area contributed by atoms with Crippen LogP contribution in [0, 0.1) is 0 Å². The number of anilines is 1. The maximum Gasteiger partial charge on any atom is 0.291 e. The minimum Gasteiger partial charge on any atom is -0.333 e. The number of aromatic nitrogens is 2. The van der Waals surface area contributed by atoms with Gasteiger partial charge in [-0.3, -0.25) is 9.79 Å². The van der Waals surface area contributed by atoms with Crippen molar-refractivity contribution in [3.8, 4) is 0 Å².